The Labute approximate surface area is 119 Å². The number of hydrogen-bond acceptors (Lipinski definition) is 4. The van der Waals surface area contributed by atoms with E-state index in [0.29, 0.717) is 18.2 Å². The molecule has 0 bridgehead atoms. The van der Waals surface area contributed by atoms with E-state index in [9.17, 15) is 0 Å². The first-order chi connectivity index (χ1) is 9.36. The van der Waals surface area contributed by atoms with E-state index in [4.69, 9.17) is 9.47 Å². The van der Waals surface area contributed by atoms with Crippen LogP contribution in [0.1, 0.15) is 31.7 Å². The van der Waals surface area contributed by atoms with Gasteiger partial charge in [-0.1, -0.05) is 0 Å². The van der Waals surface area contributed by atoms with Gasteiger partial charge in [-0.05, 0) is 48.6 Å². The fourth-order valence-electron chi connectivity index (χ4n) is 3.27. The lowest BCUT2D eigenvalue weighted by atomic mass is 9.99. The summed E-state index contributed by atoms with van der Waals surface area (Å²) in [7, 11) is 0. The topological polar surface area (TPSA) is 21.7 Å². The molecule has 2 aliphatic heterocycles. The molecule has 2 fully saturated rings. The molecule has 0 unspecified atom stereocenters. The number of rotatable bonds is 5. The second-order valence-corrected chi connectivity index (χ2v) is 6.27. The van der Waals surface area contributed by atoms with Gasteiger partial charge < -0.3 is 9.47 Å². The van der Waals surface area contributed by atoms with E-state index in [1.165, 1.54) is 24.9 Å². The SMILES string of the molecule is CCOC[C@@H]1CC[C@H]2[C@H](CCN2Cc2ccsc2)O1. The fraction of sp³-hybridized carbons (Fsp3) is 0.733. The number of thiophene rings is 1. The Morgan fingerprint density at radius 1 is 1.42 bits per heavy atom. The van der Waals surface area contributed by atoms with E-state index in [-0.39, 0.29) is 0 Å². The van der Waals surface area contributed by atoms with Crippen LogP contribution in [0.2, 0.25) is 0 Å². The highest BCUT2D eigenvalue weighted by Gasteiger charge is 2.39. The van der Waals surface area contributed by atoms with Crippen molar-refractivity contribution in [1.82, 2.24) is 4.90 Å². The van der Waals surface area contributed by atoms with Gasteiger partial charge in [0.05, 0.1) is 18.8 Å². The number of likely N-dealkylation sites (tertiary alicyclic amines) is 1. The summed E-state index contributed by atoms with van der Waals surface area (Å²) >= 11 is 1.79. The van der Waals surface area contributed by atoms with Crippen LogP contribution in [0.3, 0.4) is 0 Å². The van der Waals surface area contributed by atoms with Gasteiger partial charge in [0.15, 0.2) is 0 Å². The number of fused-ring (bicyclic) bond motifs is 1. The quantitative estimate of drug-likeness (QED) is 0.828. The molecule has 3 atom stereocenters. The van der Waals surface area contributed by atoms with Crippen molar-refractivity contribution in [3.8, 4) is 0 Å². The molecule has 3 rings (SSSR count). The molecule has 0 aliphatic carbocycles. The lowest BCUT2D eigenvalue weighted by Gasteiger charge is -2.35. The van der Waals surface area contributed by atoms with Gasteiger partial charge in [0.25, 0.3) is 0 Å². The van der Waals surface area contributed by atoms with Crippen LogP contribution in [0, 0.1) is 0 Å². The summed E-state index contributed by atoms with van der Waals surface area (Å²) < 4.78 is 11.7. The van der Waals surface area contributed by atoms with Crippen molar-refractivity contribution in [3.05, 3.63) is 22.4 Å². The first-order valence-corrected chi connectivity index (χ1v) is 8.29. The standard InChI is InChI=1S/C15H23NO2S/c1-2-17-10-13-3-4-14-15(18-13)5-7-16(14)9-12-6-8-19-11-12/h6,8,11,13-15H,2-5,7,9-10H2,1H3/t13-,14-,15-/m0/s1. The highest BCUT2D eigenvalue weighted by molar-refractivity contribution is 7.07. The normalized spacial score (nSPS) is 31.5. The first-order valence-electron chi connectivity index (χ1n) is 7.35. The number of ether oxygens (including phenoxy) is 2. The molecule has 4 heteroatoms. The third-order valence-corrected chi connectivity index (χ3v) is 4.96. The van der Waals surface area contributed by atoms with E-state index in [1.54, 1.807) is 11.3 Å². The molecule has 0 amide bonds. The molecule has 1 aromatic rings. The van der Waals surface area contributed by atoms with E-state index < -0.39 is 0 Å². The van der Waals surface area contributed by atoms with Crippen molar-refractivity contribution >= 4 is 11.3 Å². The van der Waals surface area contributed by atoms with E-state index in [1.807, 2.05) is 6.92 Å². The molecule has 3 heterocycles. The van der Waals surface area contributed by atoms with Crippen LogP contribution < -0.4 is 0 Å². The van der Waals surface area contributed by atoms with Crippen LogP contribution in [0.5, 0.6) is 0 Å². The Hall–Kier alpha value is -0.420. The van der Waals surface area contributed by atoms with Crippen molar-refractivity contribution in [3.63, 3.8) is 0 Å². The summed E-state index contributed by atoms with van der Waals surface area (Å²) in [6.07, 6.45) is 4.32. The van der Waals surface area contributed by atoms with Gasteiger partial charge in [-0.2, -0.15) is 11.3 Å². The average molecular weight is 281 g/mol. The van der Waals surface area contributed by atoms with Crippen LogP contribution in [0.15, 0.2) is 16.8 Å². The minimum atomic E-state index is 0.322. The van der Waals surface area contributed by atoms with Gasteiger partial charge in [-0.15, -0.1) is 0 Å². The second-order valence-electron chi connectivity index (χ2n) is 5.49. The maximum Gasteiger partial charge on any atom is 0.0813 e. The zero-order valence-corrected chi connectivity index (χ0v) is 12.4. The van der Waals surface area contributed by atoms with Crippen LogP contribution in [0.4, 0.5) is 0 Å². The molecule has 2 saturated heterocycles. The highest BCUT2D eigenvalue weighted by Crippen LogP contribution is 2.32. The average Bonchev–Trinajstić information content (AvgIpc) is 3.07. The second kappa shape index (κ2) is 6.35. The molecular formula is C15H23NO2S. The Kier molecular flexibility index (Phi) is 4.53. The first kappa shape index (κ1) is 13.6. The zero-order valence-electron chi connectivity index (χ0n) is 11.6. The Morgan fingerprint density at radius 2 is 2.37 bits per heavy atom. The van der Waals surface area contributed by atoms with Crippen molar-refractivity contribution < 1.29 is 9.47 Å². The van der Waals surface area contributed by atoms with Gasteiger partial charge in [0.1, 0.15) is 0 Å². The Morgan fingerprint density at radius 3 is 3.16 bits per heavy atom. The summed E-state index contributed by atoms with van der Waals surface area (Å²) in [6, 6.07) is 2.86. The van der Waals surface area contributed by atoms with Crippen molar-refractivity contribution in [2.45, 2.75) is 51.0 Å². The Balaban J connectivity index is 1.53. The summed E-state index contributed by atoms with van der Waals surface area (Å²) in [4.78, 5) is 2.60. The van der Waals surface area contributed by atoms with Gasteiger partial charge in [0, 0.05) is 25.7 Å². The van der Waals surface area contributed by atoms with E-state index >= 15 is 0 Å². The summed E-state index contributed by atoms with van der Waals surface area (Å²) in [5, 5.41) is 4.42. The summed E-state index contributed by atoms with van der Waals surface area (Å²) in [5.41, 5.74) is 1.45. The monoisotopic (exact) mass is 281 g/mol. The van der Waals surface area contributed by atoms with E-state index in [0.717, 1.165) is 26.2 Å². The minimum Gasteiger partial charge on any atom is -0.379 e. The van der Waals surface area contributed by atoms with Gasteiger partial charge >= 0.3 is 0 Å². The minimum absolute atomic E-state index is 0.322. The molecule has 1 aromatic heterocycles. The molecule has 19 heavy (non-hydrogen) atoms. The molecule has 3 nitrogen and oxygen atoms in total. The molecule has 106 valence electrons. The lowest BCUT2D eigenvalue weighted by Crippen LogP contribution is -2.43. The van der Waals surface area contributed by atoms with Gasteiger partial charge in [-0.3, -0.25) is 4.90 Å². The molecule has 0 spiro atoms. The predicted octanol–water partition coefficient (Wildman–Crippen LogP) is 2.91. The maximum atomic E-state index is 6.20. The van der Waals surface area contributed by atoms with Crippen molar-refractivity contribution in [1.29, 1.82) is 0 Å². The fourth-order valence-corrected chi connectivity index (χ4v) is 3.93. The third-order valence-electron chi connectivity index (χ3n) is 4.22. The summed E-state index contributed by atoms with van der Waals surface area (Å²) in [5.74, 6) is 0. The number of nitrogens with zero attached hydrogens (tertiary/aromatic N) is 1. The Bertz CT molecular complexity index is 382. The zero-order chi connectivity index (χ0) is 13.1. The molecule has 0 N–H and O–H groups in total. The maximum absolute atomic E-state index is 6.20. The van der Waals surface area contributed by atoms with Gasteiger partial charge in [0.2, 0.25) is 0 Å². The smallest absolute Gasteiger partial charge is 0.0813 e. The molecule has 0 saturated carbocycles. The summed E-state index contributed by atoms with van der Waals surface area (Å²) in [6.45, 7) is 5.86. The molecule has 0 aromatic carbocycles. The van der Waals surface area contributed by atoms with Gasteiger partial charge in [-0.25, -0.2) is 0 Å². The predicted molar refractivity (Wildman–Crippen MR) is 77.5 cm³/mol. The lowest BCUT2D eigenvalue weighted by molar-refractivity contribution is -0.0985. The molecule has 2 aliphatic rings. The number of hydrogen-bond donors (Lipinski definition) is 0. The van der Waals surface area contributed by atoms with Crippen molar-refractivity contribution in [2.24, 2.45) is 0 Å². The molecule has 0 radical (unpaired) electrons. The highest BCUT2D eigenvalue weighted by atomic mass is 32.1. The van der Waals surface area contributed by atoms with Crippen LogP contribution in [0.25, 0.3) is 0 Å². The van der Waals surface area contributed by atoms with Crippen LogP contribution in [-0.4, -0.2) is 42.9 Å². The van der Waals surface area contributed by atoms with Crippen LogP contribution >= 0.6 is 11.3 Å². The third kappa shape index (κ3) is 3.19. The largest absolute Gasteiger partial charge is 0.379 e. The van der Waals surface area contributed by atoms with E-state index in [2.05, 4.69) is 21.7 Å². The van der Waals surface area contributed by atoms with Crippen molar-refractivity contribution in [2.75, 3.05) is 19.8 Å². The van der Waals surface area contributed by atoms with Crippen LogP contribution in [-0.2, 0) is 16.0 Å². The molecular weight excluding hydrogens is 258 g/mol.